The first-order valence-electron chi connectivity index (χ1n) is 10.9. The first-order valence-corrected chi connectivity index (χ1v) is 10.9. The van der Waals surface area contributed by atoms with E-state index >= 15 is 0 Å². The molecule has 0 fully saturated rings. The molecule has 2 atom stereocenters. The van der Waals surface area contributed by atoms with Gasteiger partial charge in [0.25, 0.3) is 0 Å². The van der Waals surface area contributed by atoms with Crippen LogP contribution >= 0.6 is 0 Å². The monoisotopic (exact) mass is 417 g/mol. The van der Waals surface area contributed by atoms with Crippen molar-refractivity contribution < 1.29 is 4.39 Å². The van der Waals surface area contributed by atoms with Crippen molar-refractivity contribution >= 4 is 6.08 Å². The van der Waals surface area contributed by atoms with Gasteiger partial charge in [-0.1, -0.05) is 89.1 Å². The summed E-state index contributed by atoms with van der Waals surface area (Å²) >= 11 is 0. The van der Waals surface area contributed by atoms with E-state index < -0.39 is 0 Å². The molecule has 0 amide bonds. The van der Waals surface area contributed by atoms with Crippen LogP contribution in [0.3, 0.4) is 0 Å². The third-order valence-corrected chi connectivity index (χ3v) is 5.25. The minimum absolute atomic E-state index is 0.109. The third-order valence-electron chi connectivity index (χ3n) is 5.25. The summed E-state index contributed by atoms with van der Waals surface area (Å²) in [4.78, 5) is 1.91. The normalized spacial score (nSPS) is 12.5. The smallest absolute Gasteiger partial charge is 0.0962 e. The maximum Gasteiger partial charge on any atom is 0.0962 e. The summed E-state index contributed by atoms with van der Waals surface area (Å²) < 4.78 is 12.7. The van der Waals surface area contributed by atoms with Crippen LogP contribution in [0.2, 0.25) is 0 Å². The number of nitrogens with zero attached hydrogens (tertiary/aromatic N) is 1. The Morgan fingerprint density at radius 3 is 2.13 bits per heavy atom. The molecular weight excluding hydrogens is 381 g/mol. The van der Waals surface area contributed by atoms with Crippen molar-refractivity contribution in [3.63, 3.8) is 0 Å². The summed E-state index contributed by atoms with van der Waals surface area (Å²) in [5.41, 5.74) is 5.78. The number of halogens is 1. The predicted molar refractivity (Wildman–Crippen MR) is 134 cm³/mol. The van der Waals surface area contributed by atoms with Crippen molar-refractivity contribution in [3.05, 3.63) is 102 Å². The van der Waals surface area contributed by atoms with E-state index in [1.54, 1.807) is 0 Å². The van der Waals surface area contributed by atoms with Gasteiger partial charge in [-0.3, -0.25) is 0 Å². The van der Waals surface area contributed by atoms with Crippen LogP contribution in [0.5, 0.6) is 0 Å². The third kappa shape index (κ3) is 8.30. The van der Waals surface area contributed by atoms with Gasteiger partial charge in [0.1, 0.15) is 0 Å². The highest BCUT2D eigenvalue weighted by molar-refractivity contribution is 5.62. The average Bonchev–Trinajstić information content (AvgIpc) is 3.26. The number of rotatable bonds is 4. The highest BCUT2D eigenvalue weighted by atomic mass is 19.1. The Kier molecular flexibility index (Phi) is 11.1. The van der Waals surface area contributed by atoms with Gasteiger partial charge >= 0.3 is 0 Å². The fourth-order valence-electron chi connectivity index (χ4n) is 2.96. The molecule has 0 aromatic heterocycles. The molecule has 0 radical (unpaired) electrons. The van der Waals surface area contributed by atoms with Gasteiger partial charge < -0.3 is 4.90 Å². The highest BCUT2D eigenvalue weighted by Gasteiger charge is 2.18. The van der Waals surface area contributed by atoms with E-state index in [0.717, 1.165) is 23.2 Å². The molecule has 0 N–H and O–H groups in total. The highest BCUT2D eigenvalue weighted by Crippen LogP contribution is 2.26. The van der Waals surface area contributed by atoms with E-state index in [0.29, 0.717) is 0 Å². The van der Waals surface area contributed by atoms with Crippen LogP contribution in [-0.4, -0.2) is 19.0 Å². The van der Waals surface area contributed by atoms with Gasteiger partial charge in [0.15, 0.2) is 0 Å². The first-order chi connectivity index (χ1) is 14.8. The molecule has 0 spiro atoms. The van der Waals surface area contributed by atoms with E-state index in [1.165, 1.54) is 11.1 Å². The minimum Gasteiger partial charge on any atom is -0.381 e. The lowest BCUT2D eigenvalue weighted by atomic mass is 9.92. The van der Waals surface area contributed by atoms with Crippen molar-refractivity contribution in [2.45, 2.75) is 34.1 Å². The molecule has 3 rings (SSSR count). The average molecular weight is 418 g/mol. The number of allylic oxidation sites excluding steroid dienone is 3. The summed E-state index contributed by atoms with van der Waals surface area (Å²) in [7, 11) is 3.82. The maximum absolute atomic E-state index is 12.7. The van der Waals surface area contributed by atoms with E-state index in [-0.39, 0.29) is 17.7 Å². The number of hydrogen-bond donors (Lipinski definition) is 0. The molecule has 2 aromatic carbocycles. The van der Waals surface area contributed by atoms with Gasteiger partial charge in [-0.15, -0.1) is 0 Å². The van der Waals surface area contributed by atoms with Crippen molar-refractivity contribution in [1.29, 1.82) is 0 Å². The Morgan fingerprint density at radius 2 is 1.55 bits per heavy atom. The van der Waals surface area contributed by atoms with Crippen LogP contribution in [0.25, 0.3) is 6.08 Å². The Morgan fingerprint density at radius 1 is 0.935 bits per heavy atom. The molecule has 1 aliphatic rings. The largest absolute Gasteiger partial charge is 0.381 e. The number of benzene rings is 2. The first kappa shape index (κ1) is 26.0. The van der Waals surface area contributed by atoms with Crippen molar-refractivity contribution in [1.82, 2.24) is 4.90 Å². The standard InChI is InChI=1S/C17H12.C10H18FN.C2H6/c1-2-5-14(6-3-1)9-10-15-11-12-16-7-4-8-17(16)13-15;1-7(9(3)11)8(2)10(4)12(5)6;1-2/h1-6,8,11-13H,7H2;7-8H,3-4H2,1-2,5-6H3;1-2H3. The fourth-order valence-corrected chi connectivity index (χ4v) is 2.96. The second-order valence-electron chi connectivity index (χ2n) is 7.55. The van der Waals surface area contributed by atoms with Gasteiger partial charge in [0.05, 0.1) is 5.83 Å². The van der Waals surface area contributed by atoms with Crippen LogP contribution in [0.15, 0.2) is 79.3 Å². The molecule has 1 aliphatic carbocycles. The molecule has 0 heterocycles. The van der Waals surface area contributed by atoms with Crippen LogP contribution in [-0.2, 0) is 6.42 Å². The topological polar surface area (TPSA) is 3.24 Å². The van der Waals surface area contributed by atoms with Crippen LogP contribution in [0.1, 0.15) is 49.9 Å². The molecule has 164 valence electrons. The molecular formula is C29H36FN. The zero-order valence-corrected chi connectivity index (χ0v) is 19.9. The van der Waals surface area contributed by atoms with Gasteiger partial charge in [-0.25, -0.2) is 4.39 Å². The second kappa shape index (κ2) is 13.3. The zero-order chi connectivity index (χ0) is 23.4. The SMILES string of the molecule is C(#Cc1ccc2c(c1)C=CC2)c1ccccc1.C=C(F)C(C)C(C)C(=C)N(C)C.CC. The zero-order valence-electron chi connectivity index (χ0n) is 19.9. The van der Waals surface area contributed by atoms with E-state index in [4.69, 9.17) is 0 Å². The second-order valence-corrected chi connectivity index (χ2v) is 7.55. The molecule has 2 heteroatoms. The molecule has 31 heavy (non-hydrogen) atoms. The van der Waals surface area contributed by atoms with Crippen LogP contribution in [0.4, 0.5) is 4.39 Å². The lowest BCUT2D eigenvalue weighted by molar-refractivity contribution is 0.345. The Labute approximate surface area is 189 Å². The van der Waals surface area contributed by atoms with E-state index in [2.05, 4.69) is 55.3 Å². The van der Waals surface area contributed by atoms with Crippen LogP contribution in [0, 0.1) is 23.7 Å². The van der Waals surface area contributed by atoms with Gasteiger partial charge in [0, 0.05) is 42.8 Å². The fraction of sp³-hybridized carbons (Fsp3) is 0.310. The van der Waals surface area contributed by atoms with E-state index in [1.807, 2.05) is 77.0 Å². The Balaban J connectivity index is 0.000000305. The lowest BCUT2D eigenvalue weighted by Crippen LogP contribution is -2.21. The summed E-state index contributed by atoms with van der Waals surface area (Å²) in [6.45, 7) is 14.9. The van der Waals surface area contributed by atoms with Crippen molar-refractivity contribution in [2.75, 3.05) is 14.1 Å². The number of hydrogen-bond acceptors (Lipinski definition) is 1. The quantitative estimate of drug-likeness (QED) is 0.466. The summed E-state index contributed by atoms with van der Waals surface area (Å²) in [6.07, 6.45) is 5.42. The van der Waals surface area contributed by atoms with Gasteiger partial charge in [-0.2, -0.15) is 0 Å². The van der Waals surface area contributed by atoms with Crippen LogP contribution < -0.4 is 0 Å². The molecule has 0 saturated carbocycles. The van der Waals surface area contributed by atoms with E-state index in [9.17, 15) is 4.39 Å². The maximum atomic E-state index is 12.7. The lowest BCUT2D eigenvalue weighted by Gasteiger charge is -2.25. The molecule has 2 aromatic rings. The molecule has 1 nitrogen and oxygen atoms in total. The summed E-state index contributed by atoms with van der Waals surface area (Å²) in [5, 5.41) is 0. The Hall–Kier alpha value is -3.05. The Bertz CT molecular complexity index is 942. The number of fused-ring (bicyclic) bond motifs is 1. The predicted octanol–water partition coefficient (Wildman–Crippen LogP) is 7.50. The summed E-state index contributed by atoms with van der Waals surface area (Å²) in [5.74, 6) is 6.07. The molecule has 2 unspecified atom stereocenters. The molecule has 0 aliphatic heterocycles. The van der Waals surface area contributed by atoms with Crippen molar-refractivity contribution in [2.24, 2.45) is 11.8 Å². The van der Waals surface area contributed by atoms with Gasteiger partial charge in [0.2, 0.25) is 0 Å². The van der Waals surface area contributed by atoms with Crippen molar-refractivity contribution in [3.8, 4) is 11.8 Å². The summed E-state index contributed by atoms with van der Waals surface area (Å²) in [6, 6.07) is 16.5. The molecule has 0 saturated heterocycles. The van der Waals surface area contributed by atoms with Gasteiger partial charge in [-0.05, 0) is 41.8 Å². The molecule has 0 bridgehead atoms. The minimum atomic E-state index is -0.273.